The minimum absolute atomic E-state index is 0.510. The van der Waals surface area contributed by atoms with Gasteiger partial charge in [0.25, 0.3) is 0 Å². The quantitative estimate of drug-likeness (QED) is 0.818. The highest BCUT2D eigenvalue weighted by Crippen LogP contribution is 2.29. The van der Waals surface area contributed by atoms with Crippen molar-refractivity contribution in [1.82, 2.24) is 0 Å². The van der Waals surface area contributed by atoms with Gasteiger partial charge < -0.3 is 5.32 Å². The predicted octanol–water partition coefficient (Wildman–Crippen LogP) is 5.19. The van der Waals surface area contributed by atoms with Gasteiger partial charge in [-0.15, -0.1) is 0 Å². The summed E-state index contributed by atoms with van der Waals surface area (Å²) in [7, 11) is 0. The molecular formula is C17H18F3N. The van der Waals surface area contributed by atoms with Crippen LogP contribution in [-0.2, 0) is 19.1 Å². The van der Waals surface area contributed by atoms with Gasteiger partial charge in [0.1, 0.15) is 0 Å². The number of benzene rings is 2. The van der Waals surface area contributed by atoms with Crippen LogP contribution in [0.3, 0.4) is 0 Å². The van der Waals surface area contributed by atoms with Crippen molar-refractivity contribution in [2.75, 3.05) is 5.32 Å². The molecule has 0 aliphatic rings. The van der Waals surface area contributed by atoms with Crippen molar-refractivity contribution in [3.63, 3.8) is 0 Å². The zero-order chi connectivity index (χ0) is 15.5. The first kappa shape index (κ1) is 15.4. The molecule has 0 bridgehead atoms. The molecule has 0 saturated heterocycles. The average Bonchev–Trinajstić information content (AvgIpc) is 2.45. The van der Waals surface area contributed by atoms with Gasteiger partial charge in [0.15, 0.2) is 0 Å². The zero-order valence-corrected chi connectivity index (χ0v) is 12.1. The van der Waals surface area contributed by atoms with E-state index >= 15 is 0 Å². The first-order valence-corrected chi connectivity index (χ1v) is 6.90. The van der Waals surface area contributed by atoms with Crippen LogP contribution >= 0.6 is 0 Å². The molecular weight excluding hydrogens is 275 g/mol. The second kappa shape index (κ2) is 6.20. The Balaban J connectivity index is 2.10. The van der Waals surface area contributed by atoms with Crippen LogP contribution in [0.5, 0.6) is 0 Å². The Hall–Kier alpha value is -1.97. The number of anilines is 1. The van der Waals surface area contributed by atoms with E-state index in [9.17, 15) is 13.2 Å². The Morgan fingerprint density at radius 1 is 1.00 bits per heavy atom. The van der Waals surface area contributed by atoms with Crippen LogP contribution in [0.4, 0.5) is 18.9 Å². The Morgan fingerprint density at radius 3 is 2.24 bits per heavy atom. The van der Waals surface area contributed by atoms with Crippen molar-refractivity contribution < 1.29 is 13.2 Å². The maximum absolute atomic E-state index is 12.5. The Kier molecular flexibility index (Phi) is 4.56. The van der Waals surface area contributed by atoms with Gasteiger partial charge in [-0.3, -0.25) is 0 Å². The van der Waals surface area contributed by atoms with Crippen molar-refractivity contribution in [3.05, 3.63) is 64.7 Å². The van der Waals surface area contributed by atoms with Gasteiger partial charge in [0.2, 0.25) is 0 Å². The summed E-state index contributed by atoms with van der Waals surface area (Å²) < 4.78 is 37.5. The van der Waals surface area contributed by atoms with Gasteiger partial charge in [0, 0.05) is 12.2 Å². The van der Waals surface area contributed by atoms with Crippen LogP contribution in [0.15, 0.2) is 42.5 Å². The number of halogens is 3. The van der Waals surface area contributed by atoms with E-state index in [1.54, 1.807) is 0 Å². The van der Waals surface area contributed by atoms with Gasteiger partial charge in [-0.25, -0.2) is 0 Å². The van der Waals surface area contributed by atoms with Gasteiger partial charge in [-0.1, -0.05) is 37.3 Å². The topological polar surface area (TPSA) is 12.0 Å². The maximum atomic E-state index is 12.5. The molecule has 0 radical (unpaired) electrons. The number of para-hydroxylation sites is 1. The number of alkyl halides is 3. The molecule has 0 atom stereocenters. The van der Waals surface area contributed by atoms with Crippen molar-refractivity contribution >= 4 is 5.69 Å². The van der Waals surface area contributed by atoms with E-state index in [2.05, 4.69) is 18.3 Å². The summed E-state index contributed by atoms with van der Waals surface area (Å²) in [6.07, 6.45) is -3.37. The first-order chi connectivity index (χ1) is 9.91. The molecule has 2 aromatic carbocycles. The monoisotopic (exact) mass is 293 g/mol. The highest BCUT2D eigenvalue weighted by Gasteiger charge is 2.29. The van der Waals surface area contributed by atoms with E-state index in [-0.39, 0.29) is 0 Å². The highest BCUT2D eigenvalue weighted by molar-refractivity contribution is 5.57. The van der Waals surface area contributed by atoms with Crippen LogP contribution in [0.25, 0.3) is 0 Å². The lowest BCUT2D eigenvalue weighted by Crippen LogP contribution is -2.06. The number of hydrogen-bond acceptors (Lipinski definition) is 1. The summed E-state index contributed by atoms with van der Waals surface area (Å²) in [5.41, 5.74) is 3.63. The van der Waals surface area contributed by atoms with E-state index in [0.29, 0.717) is 6.54 Å². The van der Waals surface area contributed by atoms with Gasteiger partial charge in [0.05, 0.1) is 5.56 Å². The van der Waals surface area contributed by atoms with Crippen molar-refractivity contribution in [2.24, 2.45) is 0 Å². The van der Waals surface area contributed by atoms with Gasteiger partial charge in [-0.05, 0) is 42.2 Å². The number of rotatable bonds is 4. The summed E-state index contributed by atoms with van der Waals surface area (Å²) in [6, 6.07) is 11.4. The van der Waals surface area contributed by atoms with E-state index < -0.39 is 11.7 Å². The third-order valence-corrected chi connectivity index (χ3v) is 3.49. The Morgan fingerprint density at radius 2 is 1.67 bits per heavy atom. The van der Waals surface area contributed by atoms with E-state index in [1.807, 2.05) is 19.1 Å². The van der Waals surface area contributed by atoms with Crippen LogP contribution < -0.4 is 5.32 Å². The SMILES string of the molecule is CCc1cccc(C)c1NCc1ccc(C(F)(F)F)cc1. The third-order valence-electron chi connectivity index (χ3n) is 3.49. The predicted molar refractivity (Wildman–Crippen MR) is 79.3 cm³/mol. The molecule has 112 valence electrons. The van der Waals surface area contributed by atoms with Gasteiger partial charge in [-0.2, -0.15) is 13.2 Å². The number of nitrogens with one attached hydrogen (secondary N) is 1. The smallest absolute Gasteiger partial charge is 0.381 e. The minimum Gasteiger partial charge on any atom is -0.381 e. The molecule has 0 aliphatic heterocycles. The van der Waals surface area contributed by atoms with Crippen LogP contribution in [0, 0.1) is 6.92 Å². The molecule has 21 heavy (non-hydrogen) atoms. The largest absolute Gasteiger partial charge is 0.416 e. The zero-order valence-electron chi connectivity index (χ0n) is 12.1. The summed E-state index contributed by atoms with van der Waals surface area (Å²) in [5, 5.41) is 3.33. The first-order valence-electron chi connectivity index (χ1n) is 6.90. The lowest BCUT2D eigenvalue weighted by Gasteiger charge is -2.14. The van der Waals surface area contributed by atoms with Crippen LogP contribution in [0.2, 0.25) is 0 Å². The molecule has 4 heteroatoms. The molecule has 0 fully saturated rings. The minimum atomic E-state index is -4.28. The third kappa shape index (κ3) is 3.78. The second-order valence-corrected chi connectivity index (χ2v) is 5.01. The van der Waals surface area contributed by atoms with Crippen molar-refractivity contribution in [2.45, 2.75) is 33.0 Å². The molecule has 0 aliphatic carbocycles. The normalized spacial score (nSPS) is 11.5. The molecule has 1 N–H and O–H groups in total. The van der Waals surface area contributed by atoms with Crippen LogP contribution in [-0.4, -0.2) is 0 Å². The molecule has 0 spiro atoms. The lowest BCUT2D eigenvalue weighted by molar-refractivity contribution is -0.137. The van der Waals surface area contributed by atoms with Crippen molar-refractivity contribution in [1.29, 1.82) is 0 Å². The number of aryl methyl sites for hydroxylation is 2. The molecule has 0 aromatic heterocycles. The van der Waals surface area contributed by atoms with E-state index in [1.165, 1.54) is 17.7 Å². The van der Waals surface area contributed by atoms with Crippen molar-refractivity contribution in [3.8, 4) is 0 Å². The van der Waals surface area contributed by atoms with E-state index in [0.717, 1.165) is 35.4 Å². The van der Waals surface area contributed by atoms with Crippen LogP contribution in [0.1, 0.15) is 29.2 Å². The standard InChI is InChI=1S/C17H18F3N/c1-3-14-6-4-5-12(2)16(14)21-11-13-7-9-15(10-8-13)17(18,19)20/h4-10,21H,3,11H2,1-2H3. The summed E-state index contributed by atoms with van der Waals surface area (Å²) >= 11 is 0. The Bertz CT molecular complexity index is 600. The molecule has 0 saturated carbocycles. The molecule has 1 nitrogen and oxygen atoms in total. The Labute approximate surface area is 122 Å². The number of hydrogen-bond donors (Lipinski definition) is 1. The maximum Gasteiger partial charge on any atom is 0.416 e. The average molecular weight is 293 g/mol. The summed E-state index contributed by atoms with van der Waals surface area (Å²) in [6.45, 7) is 4.61. The van der Waals surface area contributed by atoms with Gasteiger partial charge >= 0.3 is 6.18 Å². The molecule has 0 amide bonds. The second-order valence-electron chi connectivity index (χ2n) is 5.01. The fourth-order valence-electron chi connectivity index (χ4n) is 2.28. The molecule has 2 aromatic rings. The summed E-state index contributed by atoms with van der Waals surface area (Å²) in [4.78, 5) is 0. The van der Waals surface area contributed by atoms with E-state index in [4.69, 9.17) is 0 Å². The summed E-state index contributed by atoms with van der Waals surface area (Å²) in [5.74, 6) is 0. The highest BCUT2D eigenvalue weighted by atomic mass is 19.4. The fraction of sp³-hybridized carbons (Fsp3) is 0.294. The molecule has 2 rings (SSSR count). The fourth-order valence-corrected chi connectivity index (χ4v) is 2.28. The lowest BCUT2D eigenvalue weighted by atomic mass is 10.1. The molecule has 0 heterocycles. The molecule has 0 unspecified atom stereocenters.